The maximum absolute atomic E-state index is 14.2. The Hall–Kier alpha value is -3.20. The van der Waals surface area contributed by atoms with Gasteiger partial charge < -0.3 is 25.4 Å². The van der Waals surface area contributed by atoms with Gasteiger partial charge in [0.05, 0.1) is 0 Å². The highest BCUT2D eigenvalue weighted by molar-refractivity contribution is 7.98. The number of phenolic OH excluding ortho intramolecular Hbond substituents is 1. The second-order valence-corrected chi connectivity index (χ2v) is 11.8. The fourth-order valence-electron chi connectivity index (χ4n) is 4.34. The highest BCUT2D eigenvalue weighted by Crippen LogP contribution is 2.41. The number of benzene rings is 2. The summed E-state index contributed by atoms with van der Waals surface area (Å²) in [4.78, 5) is 42.4. The number of carbonyl (C=O) groups excluding carboxylic acids is 3. The molecule has 1 saturated carbocycles. The Labute approximate surface area is 229 Å². The minimum atomic E-state index is -1.01. The Morgan fingerprint density at radius 1 is 1.16 bits per heavy atom. The van der Waals surface area contributed by atoms with Gasteiger partial charge in [0.2, 0.25) is 5.91 Å². The summed E-state index contributed by atoms with van der Waals surface area (Å²) < 4.78 is 5.44. The van der Waals surface area contributed by atoms with E-state index < -0.39 is 29.7 Å². The van der Waals surface area contributed by atoms with Crippen molar-refractivity contribution in [1.29, 1.82) is 0 Å². The van der Waals surface area contributed by atoms with Crippen LogP contribution in [0, 0.1) is 12.8 Å². The van der Waals surface area contributed by atoms with Crippen LogP contribution in [0.25, 0.3) is 0 Å². The number of anilines is 1. The van der Waals surface area contributed by atoms with Crippen LogP contribution in [0.3, 0.4) is 0 Å². The van der Waals surface area contributed by atoms with E-state index >= 15 is 0 Å². The molecule has 1 fully saturated rings. The van der Waals surface area contributed by atoms with Crippen LogP contribution in [0.15, 0.2) is 48.5 Å². The van der Waals surface area contributed by atoms with E-state index in [1.807, 2.05) is 44.4 Å². The first-order valence-electron chi connectivity index (χ1n) is 12.9. The number of rotatable bonds is 10. The van der Waals surface area contributed by atoms with Gasteiger partial charge in [-0.1, -0.05) is 37.3 Å². The Morgan fingerprint density at radius 3 is 2.42 bits per heavy atom. The van der Waals surface area contributed by atoms with Crippen molar-refractivity contribution in [1.82, 2.24) is 10.2 Å². The summed E-state index contributed by atoms with van der Waals surface area (Å²) in [6.45, 7) is 9.21. The van der Waals surface area contributed by atoms with Gasteiger partial charge in [0.25, 0.3) is 5.91 Å². The molecule has 0 aliphatic heterocycles. The number of hydrogen-bond donors (Lipinski definition) is 3. The molecule has 0 heterocycles. The largest absolute Gasteiger partial charge is 0.508 e. The average Bonchev–Trinajstić information content (AvgIpc) is 3.55. The lowest BCUT2D eigenvalue weighted by molar-refractivity contribution is -0.141. The van der Waals surface area contributed by atoms with E-state index in [0.29, 0.717) is 23.4 Å². The van der Waals surface area contributed by atoms with E-state index in [9.17, 15) is 19.5 Å². The number of ether oxygens (including phenoxy) is 1. The maximum Gasteiger partial charge on any atom is 0.408 e. The average molecular weight is 542 g/mol. The minimum Gasteiger partial charge on any atom is -0.508 e. The van der Waals surface area contributed by atoms with Crippen LogP contribution in [0.1, 0.15) is 57.7 Å². The molecule has 2 aromatic carbocycles. The summed E-state index contributed by atoms with van der Waals surface area (Å²) in [5.74, 6) is 0.0729. The van der Waals surface area contributed by atoms with Crippen molar-refractivity contribution in [3.63, 3.8) is 0 Å². The number of nitrogens with zero attached hydrogens (tertiary/aromatic N) is 1. The number of amides is 3. The van der Waals surface area contributed by atoms with Gasteiger partial charge in [-0.3, -0.25) is 9.59 Å². The molecule has 1 aliphatic rings. The molecule has 1 aliphatic carbocycles. The predicted octanol–water partition coefficient (Wildman–Crippen LogP) is 5.26. The molecule has 0 radical (unpaired) electrons. The van der Waals surface area contributed by atoms with Crippen LogP contribution in [0.2, 0.25) is 0 Å². The van der Waals surface area contributed by atoms with E-state index in [1.165, 1.54) is 12.1 Å². The Kier molecular flexibility index (Phi) is 9.71. The molecule has 3 amide bonds. The van der Waals surface area contributed by atoms with Gasteiger partial charge in [-0.05, 0) is 87.8 Å². The van der Waals surface area contributed by atoms with Crippen molar-refractivity contribution < 1.29 is 24.2 Å². The summed E-state index contributed by atoms with van der Waals surface area (Å²) in [6.07, 6.45) is 2.36. The molecular weight excluding hydrogens is 502 g/mol. The molecule has 8 nitrogen and oxygen atoms in total. The van der Waals surface area contributed by atoms with Crippen LogP contribution < -0.4 is 10.6 Å². The fraction of sp³-hybridized carbons (Fsp3) is 0.483. The number of thioether (sulfide) groups is 1. The molecule has 9 heteroatoms. The third kappa shape index (κ3) is 7.90. The zero-order chi connectivity index (χ0) is 28.0. The fourth-order valence-corrected chi connectivity index (χ4v) is 4.81. The van der Waals surface area contributed by atoms with E-state index in [2.05, 4.69) is 10.6 Å². The molecule has 38 heavy (non-hydrogen) atoms. The smallest absolute Gasteiger partial charge is 0.408 e. The van der Waals surface area contributed by atoms with Gasteiger partial charge in [0, 0.05) is 11.7 Å². The molecule has 0 aromatic heterocycles. The van der Waals surface area contributed by atoms with Crippen molar-refractivity contribution >= 4 is 35.4 Å². The molecule has 206 valence electrons. The number of alkyl carbamates (subject to hydrolysis) is 1. The minimum absolute atomic E-state index is 0.00162. The maximum atomic E-state index is 14.2. The van der Waals surface area contributed by atoms with Gasteiger partial charge >= 0.3 is 6.09 Å². The first-order valence-corrected chi connectivity index (χ1v) is 14.3. The summed E-state index contributed by atoms with van der Waals surface area (Å²) in [5, 5.41) is 16.0. The number of carbonyl (C=O) groups is 3. The summed E-state index contributed by atoms with van der Waals surface area (Å²) in [6, 6.07) is 11.8. The molecule has 4 unspecified atom stereocenters. The number of hydrogen-bond acceptors (Lipinski definition) is 6. The van der Waals surface area contributed by atoms with Gasteiger partial charge in [-0.2, -0.15) is 11.8 Å². The number of aryl methyl sites for hydroxylation is 1. The SMILES string of the molecule is CSCCC(NC(=O)OC(C)(C)C)C(=O)N(C(C(=O)Nc1ccccc1C)c1cccc(O)c1)C1CC1C. The number of nitrogens with one attached hydrogen (secondary N) is 2. The van der Waals surface area contributed by atoms with Crippen LogP contribution in [0.4, 0.5) is 10.5 Å². The van der Waals surface area contributed by atoms with Crippen molar-refractivity contribution in [2.24, 2.45) is 5.92 Å². The monoisotopic (exact) mass is 541 g/mol. The number of aromatic hydroxyl groups is 1. The number of para-hydroxylation sites is 1. The van der Waals surface area contributed by atoms with Crippen LogP contribution in [-0.2, 0) is 14.3 Å². The third-order valence-electron chi connectivity index (χ3n) is 6.39. The lowest BCUT2D eigenvalue weighted by Crippen LogP contribution is -2.53. The topological polar surface area (TPSA) is 108 Å². The van der Waals surface area contributed by atoms with Gasteiger partial charge in [-0.15, -0.1) is 0 Å². The Morgan fingerprint density at radius 2 is 1.84 bits per heavy atom. The van der Waals surface area contributed by atoms with Crippen LogP contribution in [0.5, 0.6) is 5.75 Å². The molecule has 0 saturated heterocycles. The Bertz CT molecular complexity index is 1150. The van der Waals surface area contributed by atoms with Crippen molar-refractivity contribution in [2.75, 3.05) is 17.3 Å². The zero-order valence-electron chi connectivity index (χ0n) is 23.0. The second-order valence-electron chi connectivity index (χ2n) is 10.8. The van der Waals surface area contributed by atoms with E-state index in [4.69, 9.17) is 4.74 Å². The van der Waals surface area contributed by atoms with Crippen LogP contribution >= 0.6 is 11.8 Å². The molecular formula is C29H39N3O5S. The molecule has 2 aromatic rings. The zero-order valence-corrected chi connectivity index (χ0v) is 23.8. The summed E-state index contributed by atoms with van der Waals surface area (Å²) >= 11 is 1.57. The molecule has 3 N–H and O–H groups in total. The summed E-state index contributed by atoms with van der Waals surface area (Å²) in [5.41, 5.74) is 1.30. The molecule has 4 atom stereocenters. The first kappa shape index (κ1) is 29.4. The van der Waals surface area contributed by atoms with Crippen molar-refractivity contribution in [2.45, 2.75) is 71.2 Å². The lowest BCUT2D eigenvalue weighted by atomic mass is 10.0. The van der Waals surface area contributed by atoms with E-state index in [-0.39, 0.29) is 23.6 Å². The molecule has 3 rings (SSSR count). The van der Waals surface area contributed by atoms with Gasteiger partial charge in [-0.25, -0.2) is 4.79 Å². The predicted molar refractivity (Wildman–Crippen MR) is 151 cm³/mol. The van der Waals surface area contributed by atoms with E-state index in [0.717, 1.165) is 12.0 Å². The molecule has 0 bridgehead atoms. The van der Waals surface area contributed by atoms with Gasteiger partial charge in [0.15, 0.2) is 0 Å². The highest BCUT2D eigenvalue weighted by atomic mass is 32.2. The van der Waals surface area contributed by atoms with Gasteiger partial charge in [0.1, 0.15) is 23.4 Å². The summed E-state index contributed by atoms with van der Waals surface area (Å²) in [7, 11) is 0. The van der Waals surface area contributed by atoms with Crippen molar-refractivity contribution in [3.8, 4) is 5.75 Å². The quantitative estimate of drug-likeness (QED) is 0.379. The molecule has 0 spiro atoms. The van der Waals surface area contributed by atoms with Crippen LogP contribution in [-0.4, -0.2) is 57.6 Å². The number of phenols is 1. The second kappa shape index (κ2) is 12.6. The third-order valence-corrected chi connectivity index (χ3v) is 7.04. The normalized spacial score (nSPS) is 18.2. The van der Waals surface area contributed by atoms with E-state index in [1.54, 1.807) is 49.6 Å². The van der Waals surface area contributed by atoms with Crippen molar-refractivity contribution in [3.05, 3.63) is 59.7 Å². The lowest BCUT2D eigenvalue weighted by Gasteiger charge is -2.35. The Balaban J connectivity index is 2.01. The highest BCUT2D eigenvalue weighted by Gasteiger charge is 2.48. The standard InChI is InChI=1S/C29H39N3O5S/c1-18-10-7-8-13-22(18)30-26(34)25(20-11-9-12-21(33)17-20)32(24-16-19(24)2)27(35)23(14-15-38-6)31-28(36)37-29(3,4)5/h7-13,17,19,23-25,33H,14-16H2,1-6H3,(H,30,34)(H,31,36). The first-order chi connectivity index (χ1) is 17.9.